The van der Waals surface area contributed by atoms with E-state index in [1.165, 1.54) is 0 Å². The second-order valence-corrected chi connectivity index (χ2v) is 5.21. The molecule has 4 nitrogen and oxygen atoms in total. The van der Waals surface area contributed by atoms with Crippen molar-refractivity contribution in [1.29, 1.82) is 0 Å². The van der Waals surface area contributed by atoms with Crippen LogP contribution in [0.4, 0.5) is 0 Å². The molecular formula is C15H22N2O2. The van der Waals surface area contributed by atoms with Gasteiger partial charge in [0.1, 0.15) is 0 Å². The van der Waals surface area contributed by atoms with Crippen LogP contribution in [0.1, 0.15) is 25.0 Å². The lowest BCUT2D eigenvalue weighted by Crippen LogP contribution is -2.48. The zero-order valence-electron chi connectivity index (χ0n) is 11.6. The molecule has 0 bridgehead atoms. The predicted molar refractivity (Wildman–Crippen MR) is 74.6 cm³/mol. The summed E-state index contributed by atoms with van der Waals surface area (Å²) >= 11 is 0. The summed E-state index contributed by atoms with van der Waals surface area (Å²) in [4.78, 5) is 14.3. The summed E-state index contributed by atoms with van der Waals surface area (Å²) in [7, 11) is 0. The van der Waals surface area contributed by atoms with E-state index in [-0.39, 0.29) is 18.1 Å². The highest BCUT2D eigenvalue weighted by atomic mass is 16.5. The van der Waals surface area contributed by atoms with Gasteiger partial charge in [0.05, 0.1) is 18.6 Å². The second-order valence-electron chi connectivity index (χ2n) is 5.21. The van der Waals surface area contributed by atoms with Crippen LogP contribution in [-0.4, -0.2) is 36.1 Å². The van der Waals surface area contributed by atoms with E-state index in [1.54, 1.807) is 0 Å². The molecule has 104 valence electrons. The highest BCUT2D eigenvalue weighted by Crippen LogP contribution is 2.14. The first kappa shape index (κ1) is 14.0. The Hall–Kier alpha value is -1.39. The summed E-state index contributed by atoms with van der Waals surface area (Å²) in [6, 6.07) is 7.86. The van der Waals surface area contributed by atoms with Gasteiger partial charge in [0.15, 0.2) is 0 Å². The molecule has 2 N–H and O–H groups in total. The predicted octanol–water partition coefficient (Wildman–Crippen LogP) is 1.32. The Balaban J connectivity index is 2.04. The van der Waals surface area contributed by atoms with Crippen molar-refractivity contribution in [2.24, 2.45) is 5.73 Å². The van der Waals surface area contributed by atoms with Crippen molar-refractivity contribution in [3.63, 3.8) is 0 Å². The highest BCUT2D eigenvalue weighted by Gasteiger charge is 2.25. The van der Waals surface area contributed by atoms with Gasteiger partial charge in [0.2, 0.25) is 5.91 Å². The molecule has 1 aromatic rings. The Morgan fingerprint density at radius 1 is 1.26 bits per heavy atom. The number of rotatable bonds is 3. The third-order valence-electron chi connectivity index (χ3n) is 3.45. The Labute approximate surface area is 114 Å². The minimum atomic E-state index is 0.109. The van der Waals surface area contributed by atoms with Gasteiger partial charge < -0.3 is 15.4 Å². The first-order chi connectivity index (χ1) is 9.10. The van der Waals surface area contributed by atoms with Gasteiger partial charge in [0, 0.05) is 19.6 Å². The summed E-state index contributed by atoms with van der Waals surface area (Å²) in [5.74, 6) is 0.155. The van der Waals surface area contributed by atoms with Gasteiger partial charge in [-0.25, -0.2) is 0 Å². The molecule has 0 aromatic heterocycles. The maximum absolute atomic E-state index is 12.4. The molecule has 1 amide bonds. The third kappa shape index (κ3) is 3.55. The third-order valence-corrected chi connectivity index (χ3v) is 3.45. The molecule has 0 spiro atoms. The van der Waals surface area contributed by atoms with Gasteiger partial charge in [0.25, 0.3) is 0 Å². The van der Waals surface area contributed by atoms with Crippen LogP contribution in [-0.2, 0) is 22.5 Å². The maximum atomic E-state index is 12.4. The summed E-state index contributed by atoms with van der Waals surface area (Å²) in [6.07, 6.45) is 0.641. The van der Waals surface area contributed by atoms with E-state index in [2.05, 4.69) is 0 Å². The lowest BCUT2D eigenvalue weighted by Gasteiger charge is -2.35. The number of carbonyl (C=O) groups is 1. The van der Waals surface area contributed by atoms with Crippen LogP contribution in [0.5, 0.6) is 0 Å². The molecule has 1 saturated heterocycles. The van der Waals surface area contributed by atoms with Gasteiger partial charge in [-0.15, -0.1) is 0 Å². The summed E-state index contributed by atoms with van der Waals surface area (Å²) in [5.41, 5.74) is 7.78. The maximum Gasteiger partial charge on any atom is 0.227 e. The van der Waals surface area contributed by atoms with Gasteiger partial charge >= 0.3 is 0 Å². The van der Waals surface area contributed by atoms with E-state index in [1.807, 2.05) is 43.0 Å². The number of carbonyl (C=O) groups excluding carboxylic acids is 1. The number of nitrogens with two attached hydrogens (primary N) is 1. The number of benzene rings is 1. The monoisotopic (exact) mass is 262 g/mol. The second kappa shape index (κ2) is 6.17. The van der Waals surface area contributed by atoms with Crippen LogP contribution < -0.4 is 5.73 Å². The van der Waals surface area contributed by atoms with E-state index in [0.29, 0.717) is 26.1 Å². The number of hydrogen-bond donors (Lipinski definition) is 1. The molecule has 1 aliphatic rings. The average molecular weight is 262 g/mol. The fraction of sp³-hybridized carbons (Fsp3) is 0.533. The molecule has 1 heterocycles. The van der Waals surface area contributed by atoms with Crippen molar-refractivity contribution in [1.82, 2.24) is 4.90 Å². The Morgan fingerprint density at radius 3 is 2.42 bits per heavy atom. The Kier molecular flexibility index (Phi) is 4.56. The van der Waals surface area contributed by atoms with Gasteiger partial charge in [-0.2, -0.15) is 0 Å². The zero-order chi connectivity index (χ0) is 13.8. The number of morpholine rings is 1. The number of amides is 1. The smallest absolute Gasteiger partial charge is 0.227 e. The molecule has 1 fully saturated rings. The largest absolute Gasteiger partial charge is 0.372 e. The lowest BCUT2D eigenvalue weighted by atomic mass is 10.0. The summed E-state index contributed by atoms with van der Waals surface area (Å²) in [6.45, 7) is 5.83. The Morgan fingerprint density at radius 2 is 1.84 bits per heavy atom. The van der Waals surface area contributed by atoms with Crippen LogP contribution in [0.2, 0.25) is 0 Å². The van der Waals surface area contributed by atoms with Crippen LogP contribution in [0, 0.1) is 0 Å². The number of ether oxygens (including phenoxy) is 1. The minimum absolute atomic E-state index is 0.109. The number of nitrogens with zero attached hydrogens (tertiary/aromatic N) is 1. The molecule has 1 aromatic carbocycles. The molecule has 2 rings (SSSR count). The van der Waals surface area contributed by atoms with Gasteiger partial charge in [-0.1, -0.05) is 24.3 Å². The first-order valence-corrected chi connectivity index (χ1v) is 6.80. The van der Waals surface area contributed by atoms with E-state index in [4.69, 9.17) is 10.5 Å². The van der Waals surface area contributed by atoms with Crippen molar-refractivity contribution < 1.29 is 9.53 Å². The average Bonchev–Trinajstić information content (AvgIpc) is 2.38. The van der Waals surface area contributed by atoms with Crippen molar-refractivity contribution >= 4 is 5.91 Å². The Bertz CT molecular complexity index is 438. The van der Waals surface area contributed by atoms with Crippen LogP contribution in [0.3, 0.4) is 0 Å². The zero-order valence-corrected chi connectivity index (χ0v) is 11.6. The molecule has 0 aliphatic carbocycles. The first-order valence-electron chi connectivity index (χ1n) is 6.80. The van der Waals surface area contributed by atoms with E-state index < -0.39 is 0 Å². The van der Waals surface area contributed by atoms with Crippen LogP contribution in [0.25, 0.3) is 0 Å². The SMILES string of the molecule is C[C@@H]1CN(C(=O)Cc2ccccc2CN)C[C@H](C)O1. The molecule has 2 atom stereocenters. The van der Waals surface area contributed by atoms with Crippen molar-refractivity contribution in [2.45, 2.75) is 39.0 Å². The summed E-state index contributed by atoms with van der Waals surface area (Å²) in [5, 5.41) is 0. The molecule has 0 radical (unpaired) electrons. The van der Waals surface area contributed by atoms with E-state index >= 15 is 0 Å². The van der Waals surface area contributed by atoms with Crippen molar-refractivity contribution in [3.8, 4) is 0 Å². The quantitative estimate of drug-likeness (QED) is 0.894. The van der Waals surface area contributed by atoms with Gasteiger partial charge in [-0.3, -0.25) is 4.79 Å². The number of hydrogen-bond acceptors (Lipinski definition) is 3. The summed E-state index contributed by atoms with van der Waals surface area (Å²) < 4.78 is 5.65. The fourth-order valence-electron chi connectivity index (χ4n) is 2.59. The highest BCUT2D eigenvalue weighted by molar-refractivity contribution is 5.79. The molecule has 19 heavy (non-hydrogen) atoms. The topological polar surface area (TPSA) is 55.6 Å². The van der Waals surface area contributed by atoms with Crippen LogP contribution >= 0.6 is 0 Å². The van der Waals surface area contributed by atoms with Gasteiger partial charge in [-0.05, 0) is 25.0 Å². The lowest BCUT2D eigenvalue weighted by molar-refractivity contribution is -0.142. The fourth-order valence-corrected chi connectivity index (χ4v) is 2.59. The molecule has 4 heteroatoms. The van der Waals surface area contributed by atoms with E-state index in [0.717, 1.165) is 11.1 Å². The normalized spacial score (nSPS) is 23.4. The standard InChI is InChI=1S/C15H22N2O2/c1-11-9-17(10-12(2)19-11)15(18)7-13-5-3-4-6-14(13)8-16/h3-6,11-12H,7-10,16H2,1-2H3/t11-,12+. The molecule has 0 unspecified atom stereocenters. The molecule has 0 saturated carbocycles. The van der Waals surface area contributed by atoms with Crippen LogP contribution in [0.15, 0.2) is 24.3 Å². The molecule has 1 aliphatic heterocycles. The van der Waals surface area contributed by atoms with Crippen molar-refractivity contribution in [3.05, 3.63) is 35.4 Å². The minimum Gasteiger partial charge on any atom is -0.372 e. The molecular weight excluding hydrogens is 240 g/mol. The van der Waals surface area contributed by atoms with Crippen molar-refractivity contribution in [2.75, 3.05) is 13.1 Å². The van der Waals surface area contributed by atoms with E-state index in [9.17, 15) is 4.79 Å².